The number of amides is 2. The maximum atomic E-state index is 12.9. The molecule has 2 aromatic carbocycles. The molecule has 0 radical (unpaired) electrons. The number of hydrogen-bond donors (Lipinski definition) is 1. The fraction of sp³-hybridized carbons (Fsp3) is 0.208. The van der Waals surface area contributed by atoms with E-state index in [0.29, 0.717) is 18.7 Å². The Hall–Kier alpha value is -3.67. The fourth-order valence-electron chi connectivity index (χ4n) is 3.53. The second kappa shape index (κ2) is 9.22. The number of pyridine rings is 1. The number of carbonyl (C=O) groups excluding carboxylic acids is 2. The molecule has 1 aliphatic heterocycles. The molecule has 1 N–H and O–H groups in total. The highest BCUT2D eigenvalue weighted by Crippen LogP contribution is 2.30. The first kappa shape index (κ1) is 19.6. The normalized spacial score (nSPS) is 12.7. The number of aryl methyl sites for hydroxylation is 1. The van der Waals surface area contributed by atoms with E-state index in [0.717, 1.165) is 35.5 Å². The summed E-state index contributed by atoms with van der Waals surface area (Å²) in [5, 5.41) is 2.92. The summed E-state index contributed by atoms with van der Waals surface area (Å²) in [5.41, 5.74) is 3.24. The van der Waals surface area contributed by atoms with Crippen molar-refractivity contribution in [3.8, 4) is 5.75 Å². The highest BCUT2D eigenvalue weighted by Gasteiger charge is 2.24. The average Bonchev–Trinajstić information content (AvgIpc) is 2.79. The van der Waals surface area contributed by atoms with Crippen LogP contribution in [0.25, 0.3) is 0 Å². The maximum Gasteiger partial charge on any atom is 0.259 e. The Kier molecular flexibility index (Phi) is 6.03. The largest absolute Gasteiger partial charge is 0.493 e. The van der Waals surface area contributed by atoms with Crippen LogP contribution in [0.4, 0.5) is 11.4 Å². The number of para-hydroxylation sites is 1. The highest BCUT2D eigenvalue weighted by molar-refractivity contribution is 6.06. The number of rotatable bonds is 6. The van der Waals surface area contributed by atoms with Gasteiger partial charge in [0.2, 0.25) is 5.91 Å². The van der Waals surface area contributed by atoms with E-state index in [2.05, 4.69) is 10.3 Å². The third-order valence-electron chi connectivity index (χ3n) is 4.98. The van der Waals surface area contributed by atoms with Crippen LogP contribution >= 0.6 is 0 Å². The number of nitrogens with one attached hydrogen (secondary N) is 1. The van der Waals surface area contributed by atoms with E-state index in [1.807, 2.05) is 48.5 Å². The summed E-state index contributed by atoms with van der Waals surface area (Å²) in [6.07, 6.45) is 5.25. The molecule has 0 unspecified atom stereocenters. The van der Waals surface area contributed by atoms with Gasteiger partial charge in [0.25, 0.3) is 5.91 Å². The van der Waals surface area contributed by atoms with E-state index in [1.165, 1.54) is 0 Å². The number of carbonyl (C=O) groups is 2. The summed E-state index contributed by atoms with van der Waals surface area (Å²) in [5.74, 6) is 0.585. The monoisotopic (exact) mass is 401 g/mol. The van der Waals surface area contributed by atoms with E-state index >= 15 is 0 Å². The molecule has 1 aliphatic rings. The van der Waals surface area contributed by atoms with Crippen molar-refractivity contribution >= 4 is 23.2 Å². The number of hydrogen-bond acceptors (Lipinski definition) is 4. The minimum Gasteiger partial charge on any atom is -0.493 e. The standard InChI is InChI=1S/C24H23N3O3/c28-23(12-15-30-21-8-2-1-3-9-21)26-20-10-11-22-18(16-20)7-5-14-27(22)24(29)19-6-4-13-25-17-19/h1-4,6,8-11,13,16-17H,5,7,12,14-15H2,(H,26,28). The zero-order valence-electron chi connectivity index (χ0n) is 16.6. The van der Waals surface area contributed by atoms with Gasteiger partial charge in [0.05, 0.1) is 18.6 Å². The summed E-state index contributed by atoms with van der Waals surface area (Å²) in [6, 6.07) is 18.7. The predicted molar refractivity (Wildman–Crippen MR) is 116 cm³/mol. The Bertz CT molecular complexity index is 1020. The Morgan fingerprint density at radius 3 is 2.73 bits per heavy atom. The number of anilines is 2. The summed E-state index contributed by atoms with van der Waals surface area (Å²) in [4.78, 5) is 31.0. The maximum absolute atomic E-state index is 12.9. The Morgan fingerprint density at radius 1 is 1.07 bits per heavy atom. The molecule has 30 heavy (non-hydrogen) atoms. The minimum atomic E-state index is -0.106. The van der Waals surface area contributed by atoms with Crippen LogP contribution in [0.15, 0.2) is 73.1 Å². The molecular formula is C24H23N3O3. The third kappa shape index (κ3) is 4.66. The van der Waals surface area contributed by atoms with Crippen LogP contribution < -0.4 is 15.0 Å². The van der Waals surface area contributed by atoms with Gasteiger partial charge in [0.15, 0.2) is 0 Å². The van der Waals surface area contributed by atoms with Crippen molar-refractivity contribution in [1.29, 1.82) is 0 Å². The van der Waals surface area contributed by atoms with Gasteiger partial charge < -0.3 is 15.0 Å². The van der Waals surface area contributed by atoms with E-state index in [9.17, 15) is 9.59 Å². The lowest BCUT2D eigenvalue weighted by Gasteiger charge is -2.30. The molecule has 0 aliphatic carbocycles. The van der Waals surface area contributed by atoms with Crippen LogP contribution in [-0.2, 0) is 11.2 Å². The first-order valence-corrected chi connectivity index (χ1v) is 10.0. The topological polar surface area (TPSA) is 71.5 Å². The summed E-state index contributed by atoms with van der Waals surface area (Å²) in [7, 11) is 0. The van der Waals surface area contributed by atoms with Gasteiger partial charge in [0.1, 0.15) is 5.75 Å². The molecule has 0 bridgehead atoms. The van der Waals surface area contributed by atoms with Gasteiger partial charge >= 0.3 is 0 Å². The van der Waals surface area contributed by atoms with Crippen molar-refractivity contribution in [3.63, 3.8) is 0 Å². The van der Waals surface area contributed by atoms with Gasteiger partial charge in [-0.05, 0) is 60.9 Å². The van der Waals surface area contributed by atoms with Gasteiger partial charge in [-0.15, -0.1) is 0 Å². The van der Waals surface area contributed by atoms with Gasteiger partial charge in [-0.1, -0.05) is 18.2 Å². The molecule has 152 valence electrons. The van der Waals surface area contributed by atoms with Crippen LogP contribution in [0.1, 0.15) is 28.8 Å². The van der Waals surface area contributed by atoms with Crippen molar-refractivity contribution in [2.75, 3.05) is 23.4 Å². The quantitative estimate of drug-likeness (QED) is 0.676. The summed E-state index contributed by atoms with van der Waals surface area (Å²) < 4.78 is 5.58. The molecule has 0 atom stereocenters. The molecule has 0 fully saturated rings. The molecule has 6 nitrogen and oxygen atoms in total. The van der Waals surface area contributed by atoms with Crippen LogP contribution in [0.5, 0.6) is 5.75 Å². The van der Waals surface area contributed by atoms with Crippen LogP contribution in [0.2, 0.25) is 0 Å². The molecule has 3 aromatic rings. The van der Waals surface area contributed by atoms with Gasteiger partial charge in [0, 0.05) is 30.3 Å². The lowest BCUT2D eigenvalue weighted by atomic mass is 10.00. The van der Waals surface area contributed by atoms with Gasteiger partial charge in [-0.2, -0.15) is 0 Å². The SMILES string of the molecule is O=C(CCOc1ccccc1)Nc1ccc2c(c1)CCCN2C(=O)c1cccnc1. The highest BCUT2D eigenvalue weighted by atomic mass is 16.5. The van der Waals surface area contributed by atoms with E-state index in [1.54, 1.807) is 29.4 Å². The van der Waals surface area contributed by atoms with Crippen LogP contribution in [0, 0.1) is 0 Å². The fourth-order valence-corrected chi connectivity index (χ4v) is 3.53. The molecular weight excluding hydrogens is 378 g/mol. The molecule has 0 saturated carbocycles. The van der Waals surface area contributed by atoms with Crippen LogP contribution in [-0.4, -0.2) is 29.9 Å². The van der Waals surface area contributed by atoms with Crippen molar-refractivity contribution in [2.24, 2.45) is 0 Å². The Balaban J connectivity index is 1.38. The first-order valence-electron chi connectivity index (χ1n) is 10.0. The third-order valence-corrected chi connectivity index (χ3v) is 4.98. The minimum absolute atomic E-state index is 0.0566. The van der Waals surface area contributed by atoms with Gasteiger partial charge in [-0.3, -0.25) is 14.6 Å². The van der Waals surface area contributed by atoms with Crippen molar-refractivity contribution < 1.29 is 14.3 Å². The summed E-state index contributed by atoms with van der Waals surface area (Å²) in [6.45, 7) is 0.984. The molecule has 6 heteroatoms. The Labute approximate surface area is 175 Å². The van der Waals surface area contributed by atoms with Crippen molar-refractivity contribution in [3.05, 3.63) is 84.2 Å². The predicted octanol–water partition coefficient (Wildman–Crippen LogP) is 4.08. The van der Waals surface area contributed by atoms with Crippen molar-refractivity contribution in [2.45, 2.75) is 19.3 Å². The molecule has 0 saturated heterocycles. The number of fused-ring (bicyclic) bond motifs is 1. The van der Waals surface area contributed by atoms with Gasteiger partial charge in [-0.25, -0.2) is 0 Å². The second-order valence-electron chi connectivity index (χ2n) is 7.11. The number of benzene rings is 2. The smallest absolute Gasteiger partial charge is 0.259 e. The molecule has 4 rings (SSSR count). The molecule has 2 amide bonds. The zero-order valence-corrected chi connectivity index (χ0v) is 16.6. The molecule has 0 spiro atoms. The number of ether oxygens (including phenoxy) is 1. The first-order chi connectivity index (χ1) is 14.7. The molecule has 1 aromatic heterocycles. The average molecular weight is 401 g/mol. The zero-order chi connectivity index (χ0) is 20.8. The molecule has 2 heterocycles. The van der Waals surface area contributed by atoms with Crippen molar-refractivity contribution in [1.82, 2.24) is 4.98 Å². The summed E-state index contributed by atoms with van der Waals surface area (Å²) >= 11 is 0. The Morgan fingerprint density at radius 2 is 1.93 bits per heavy atom. The van der Waals surface area contributed by atoms with E-state index in [-0.39, 0.29) is 18.2 Å². The van der Waals surface area contributed by atoms with Crippen LogP contribution in [0.3, 0.4) is 0 Å². The van der Waals surface area contributed by atoms with E-state index in [4.69, 9.17) is 4.74 Å². The second-order valence-corrected chi connectivity index (χ2v) is 7.11. The lowest BCUT2D eigenvalue weighted by molar-refractivity contribution is -0.116. The lowest BCUT2D eigenvalue weighted by Crippen LogP contribution is -2.35. The number of nitrogens with zero attached hydrogens (tertiary/aromatic N) is 2. The van der Waals surface area contributed by atoms with E-state index < -0.39 is 0 Å². The number of aromatic nitrogens is 1.